The Morgan fingerprint density at radius 3 is 2.85 bits per heavy atom. The van der Waals surface area contributed by atoms with Crippen molar-refractivity contribution in [1.82, 2.24) is 25.5 Å². The highest BCUT2D eigenvalue weighted by Gasteiger charge is 2.24. The van der Waals surface area contributed by atoms with Crippen molar-refractivity contribution in [3.63, 3.8) is 0 Å². The Hall–Kier alpha value is -3.09. The third kappa shape index (κ3) is 3.20. The van der Waals surface area contributed by atoms with Crippen LogP contribution in [0.25, 0.3) is 10.8 Å². The third-order valence-electron chi connectivity index (χ3n) is 4.72. The molecule has 1 aliphatic rings. The molecule has 1 aromatic carbocycles. The zero-order valence-electron chi connectivity index (χ0n) is 14.6. The summed E-state index contributed by atoms with van der Waals surface area (Å²) in [6, 6.07) is 9.85. The van der Waals surface area contributed by atoms with Crippen molar-refractivity contribution in [2.45, 2.75) is 25.8 Å². The minimum Gasteiger partial charge on any atom is -0.353 e. The summed E-state index contributed by atoms with van der Waals surface area (Å²) >= 11 is 0. The van der Waals surface area contributed by atoms with Gasteiger partial charge in [-0.1, -0.05) is 24.3 Å². The number of carbonyl (C=O) groups excluding carboxylic acids is 1. The Labute approximate surface area is 151 Å². The molecular weight excluding hydrogens is 328 g/mol. The van der Waals surface area contributed by atoms with Crippen LogP contribution >= 0.6 is 0 Å². The molecular formula is C19H20N6O. The topological polar surface area (TPSA) is 83.9 Å². The molecule has 0 aliphatic carbocycles. The number of hydrogen-bond acceptors (Lipinski definition) is 6. The van der Waals surface area contributed by atoms with Crippen molar-refractivity contribution in [2.24, 2.45) is 0 Å². The van der Waals surface area contributed by atoms with Gasteiger partial charge >= 0.3 is 0 Å². The van der Waals surface area contributed by atoms with Gasteiger partial charge in [-0.2, -0.15) is 5.10 Å². The van der Waals surface area contributed by atoms with Gasteiger partial charge in [0.05, 0.1) is 5.69 Å². The van der Waals surface area contributed by atoms with E-state index in [-0.39, 0.29) is 11.9 Å². The van der Waals surface area contributed by atoms with Crippen LogP contribution in [-0.2, 0) is 0 Å². The predicted molar refractivity (Wildman–Crippen MR) is 99.0 cm³/mol. The standard InChI is InChI=1S/C19H20N6O/c1-13-15-6-2-3-7-16(15)18(24-23-13)25-10-4-5-14(11-25)22-19(26)17-8-9-20-12-21-17/h2-3,6-9,12,14H,4-5,10-11H2,1H3,(H,22,26). The second-order valence-corrected chi connectivity index (χ2v) is 6.51. The van der Waals surface area contributed by atoms with Gasteiger partial charge in [-0.05, 0) is 25.8 Å². The summed E-state index contributed by atoms with van der Waals surface area (Å²) in [5.74, 6) is 0.714. The number of aryl methyl sites for hydroxylation is 1. The van der Waals surface area contributed by atoms with Crippen LogP contribution in [0.3, 0.4) is 0 Å². The molecule has 7 heteroatoms. The van der Waals surface area contributed by atoms with Crippen molar-refractivity contribution in [2.75, 3.05) is 18.0 Å². The highest BCUT2D eigenvalue weighted by Crippen LogP contribution is 2.27. The second kappa shape index (κ2) is 7.03. The summed E-state index contributed by atoms with van der Waals surface area (Å²) in [4.78, 5) is 22.4. The molecule has 3 heterocycles. The van der Waals surface area contributed by atoms with E-state index < -0.39 is 0 Å². The second-order valence-electron chi connectivity index (χ2n) is 6.51. The molecule has 3 aromatic rings. The average Bonchev–Trinajstić information content (AvgIpc) is 2.69. The van der Waals surface area contributed by atoms with Crippen molar-refractivity contribution < 1.29 is 4.79 Å². The Balaban J connectivity index is 1.54. The number of piperidine rings is 1. The van der Waals surface area contributed by atoms with E-state index >= 15 is 0 Å². The zero-order chi connectivity index (χ0) is 17.9. The van der Waals surface area contributed by atoms with Crippen molar-refractivity contribution >= 4 is 22.5 Å². The van der Waals surface area contributed by atoms with Crippen molar-refractivity contribution in [3.8, 4) is 0 Å². The monoisotopic (exact) mass is 348 g/mol. The van der Waals surface area contributed by atoms with Gasteiger partial charge in [0.25, 0.3) is 5.91 Å². The highest BCUT2D eigenvalue weighted by atomic mass is 16.1. The zero-order valence-corrected chi connectivity index (χ0v) is 14.6. The number of carbonyl (C=O) groups is 1. The van der Waals surface area contributed by atoms with Crippen LogP contribution < -0.4 is 10.2 Å². The van der Waals surface area contributed by atoms with Gasteiger partial charge in [0.15, 0.2) is 5.82 Å². The Morgan fingerprint density at radius 1 is 1.19 bits per heavy atom. The lowest BCUT2D eigenvalue weighted by Crippen LogP contribution is -2.48. The molecule has 0 bridgehead atoms. The van der Waals surface area contributed by atoms with Gasteiger partial charge < -0.3 is 10.2 Å². The van der Waals surface area contributed by atoms with Gasteiger partial charge in [-0.15, -0.1) is 5.10 Å². The predicted octanol–water partition coefficient (Wildman–Crippen LogP) is 2.13. The summed E-state index contributed by atoms with van der Waals surface area (Å²) < 4.78 is 0. The smallest absolute Gasteiger partial charge is 0.270 e. The Morgan fingerprint density at radius 2 is 2.04 bits per heavy atom. The molecule has 0 saturated carbocycles. The molecule has 0 spiro atoms. The Bertz CT molecular complexity index is 930. The number of benzene rings is 1. The number of aromatic nitrogens is 4. The van der Waals surface area contributed by atoms with Gasteiger partial charge in [0.1, 0.15) is 12.0 Å². The lowest BCUT2D eigenvalue weighted by atomic mass is 10.0. The largest absolute Gasteiger partial charge is 0.353 e. The summed E-state index contributed by atoms with van der Waals surface area (Å²) in [5, 5.41) is 14.1. The van der Waals surface area contributed by atoms with E-state index in [9.17, 15) is 4.79 Å². The first-order valence-electron chi connectivity index (χ1n) is 8.76. The first-order valence-corrected chi connectivity index (χ1v) is 8.76. The van der Waals surface area contributed by atoms with Gasteiger partial charge in [0.2, 0.25) is 0 Å². The van der Waals surface area contributed by atoms with E-state index in [2.05, 4.69) is 42.5 Å². The summed E-state index contributed by atoms with van der Waals surface area (Å²) in [7, 11) is 0. The number of rotatable bonds is 3. The van der Waals surface area contributed by atoms with Crippen LogP contribution in [-0.4, -0.2) is 45.2 Å². The normalized spacial score (nSPS) is 17.3. The molecule has 4 rings (SSSR count). The average molecular weight is 348 g/mol. The van der Waals surface area contributed by atoms with E-state index in [1.165, 1.54) is 6.33 Å². The van der Waals surface area contributed by atoms with Crippen molar-refractivity contribution in [3.05, 3.63) is 54.2 Å². The molecule has 1 aliphatic heterocycles. The van der Waals surface area contributed by atoms with Crippen LogP contribution in [0.2, 0.25) is 0 Å². The van der Waals surface area contributed by atoms with Crippen LogP contribution in [0.15, 0.2) is 42.9 Å². The summed E-state index contributed by atoms with van der Waals surface area (Å²) in [6.07, 6.45) is 4.88. The summed E-state index contributed by atoms with van der Waals surface area (Å²) in [6.45, 7) is 3.58. The maximum atomic E-state index is 12.4. The maximum Gasteiger partial charge on any atom is 0.270 e. The Kier molecular flexibility index (Phi) is 4.43. The van der Waals surface area contributed by atoms with E-state index in [1.54, 1.807) is 12.3 Å². The first-order chi connectivity index (χ1) is 12.7. The summed E-state index contributed by atoms with van der Waals surface area (Å²) in [5.41, 5.74) is 1.31. The highest BCUT2D eigenvalue weighted by molar-refractivity contribution is 5.94. The molecule has 26 heavy (non-hydrogen) atoms. The van der Waals surface area contributed by atoms with Gasteiger partial charge in [0, 0.05) is 36.1 Å². The number of hydrogen-bond donors (Lipinski definition) is 1. The van der Waals surface area contributed by atoms with Crippen LogP contribution in [0.5, 0.6) is 0 Å². The molecule has 1 amide bonds. The first kappa shape index (κ1) is 16.4. The number of fused-ring (bicyclic) bond motifs is 1. The van der Waals surface area contributed by atoms with Crippen LogP contribution in [0.1, 0.15) is 29.0 Å². The fourth-order valence-corrected chi connectivity index (χ4v) is 3.43. The molecule has 7 nitrogen and oxygen atoms in total. The minimum absolute atomic E-state index is 0.0491. The van der Waals surface area contributed by atoms with Crippen LogP contribution in [0, 0.1) is 6.92 Å². The quantitative estimate of drug-likeness (QED) is 0.781. The molecule has 1 N–H and O–H groups in total. The fourth-order valence-electron chi connectivity index (χ4n) is 3.43. The van der Waals surface area contributed by atoms with Gasteiger partial charge in [-0.3, -0.25) is 4.79 Å². The number of nitrogens with zero attached hydrogens (tertiary/aromatic N) is 5. The minimum atomic E-state index is -0.168. The van der Waals surface area contributed by atoms with Crippen LogP contribution in [0.4, 0.5) is 5.82 Å². The molecule has 1 unspecified atom stereocenters. The molecule has 2 aromatic heterocycles. The lowest BCUT2D eigenvalue weighted by Gasteiger charge is -2.34. The number of nitrogens with one attached hydrogen (secondary N) is 1. The molecule has 1 atom stereocenters. The van der Waals surface area contributed by atoms with Crippen molar-refractivity contribution in [1.29, 1.82) is 0 Å². The van der Waals surface area contributed by atoms with E-state index in [1.807, 2.05) is 19.1 Å². The molecule has 132 valence electrons. The van der Waals surface area contributed by atoms with E-state index in [0.717, 1.165) is 41.7 Å². The molecule has 1 saturated heterocycles. The van der Waals surface area contributed by atoms with Gasteiger partial charge in [-0.25, -0.2) is 9.97 Å². The maximum absolute atomic E-state index is 12.4. The number of amides is 1. The third-order valence-corrected chi connectivity index (χ3v) is 4.72. The SMILES string of the molecule is Cc1nnc(N2CCCC(NC(=O)c3ccncn3)C2)c2ccccc12. The molecule has 1 fully saturated rings. The number of anilines is 1. The van der Waals surface area contributed by atoms with E-state index in [0.29, 0.717) is 12.2 Å². The fraction of sp³-hybridized carbons (Fsp3) is 0.316. The molecule has 0 radical (unpaired) electrons. The van der Waals surface area contributed by atoms with E-state index in [4.69, 9.17) is 0 Å². The lowest BCUT2D eigenvalue weighted by molar-refractivity contribution is 0.0928.